The van der Waals surface area contributed by atoms with Gasteiger partial charge in [-0.25, -0.2) is 0 Å². The molecule has 0 bridgehead atoms. The summed E-state index contributed by atoms with van der Waals surface area (Å²) in [6.45, 7) is 2.17. The average molecular weight is 532 g/mol. The lowest BCUT2D eigenvalue weighted by atomic mass is 10.1. The minimum absolute atomic E-state index is 0.0299. The SMILES string of the molecule is Cc1ccc(N2C(=O)/C(=C/c3ccc(OCc4ccccc4C#N)c(Br)c3)C(=O)NC2=S)cc1. The second kappa shape index (κ2) is 10.00. The number of halogens is 1. The minimum Gasteiger partial charge on any atom is -0.488 e. The molecule has 0 saturated carbocycles. The van der Waals surface area contributed by atoms with Crippen molar-refractivity contribution in [2.75, 3.05) is 4.90 Å². The quantitative estimate of drug-likeness (QED) is 0.283. The number of anilines is 1. The highest BCUT2D eigenvalue weighted by atomic mass is 79.9. The molecule has 0 atom stereocenters. The first-order chi connectivity index (χ1) is 16.4. The monoisotopic (exact) mass is 531 g/mol. The predicted molar refractivity (Wildman–Crippen MR) is 137 cm³/mol. The molecule has 34 heavy (non-hydrogen) atoms. The number of amides is 2. The smallest absolute Gasteiger partial charge is 0.270 e. The Bertz CT molecular complexity index is 1380. The van der Waals surface area contributed by atoms with Crippen LogP contribution in [-0.2, 0) is 16.2 Å². The van der Waals surface area contributed by atoms with Gasteiger partial charge in [0.25, 0.3) is 11.8 Å². The highest BCUT2D eigenvalue weighted by molar-refractivity contribution is 9.10. The van der Waals surface area contributed by atoms with Gasteiger partial charge in [-0.3, -0.25) is 19.8 Å². The van der Waals surface area contributed by atoms with Gasteiger partial charge < -0.3 is 4.74 Å². The van der Waals surface area contributed by atoms with E-state index in [4.69, 9.17) is 17.0 Å². The Balaban J connectivity index is 1.56. The standard InChI is InChI=1S/C26H18BrN3O3S/c1-16-6-9-20(10-7-16)30-25(32)21(24(31)29-26(30)34)12-17-8-11-23(22(27)13-17)33-15-19-5-3-2-4-18(19)14-28/h2-13H,15H2,1H3,(H,29,31,34)/b21-12+. The normalized spacial score (nSPS) is 14.7. The highest BCUT2D eigenvalue weighted by Crippen LogP contribution is 2.29. The predicted octanol–water partition coefficient (Wildman–Crippen LogP) is 5.04. The highest BCUT2D eigenvalue weighted by Gasteiger charge is 2.34. The van der Waals surface area contributed by atoms with Crippen LogP contribution in [-0.4, -0.2) is 16.9 Å². The van der Waals surface area contributed by atoms with Gasteiger partial charge in [0.1, 0.15) is 17.9 Å². The molecule has 0 radical (unpaired) electrons. The van der Waals surface area contributed by atoms with Crippen LogP contribution in [0.4, 0.5) is 5.69 Å². The molecule has 4 rings (SSSR count). The molecule has 6 nitrogen and oxygen atoms in total. The number of nitriles is 1. The third-order valence-electron chi connectivity index (χ3n) is 5.18. The molecule has 1 N–H and O–H groups in total. The summed E-state index contributed by atoms with van der Waals surface area (Å²) in [5.41, 5.74) is 3.55. The second-order valence-electron chi connectivity index (χ2n) is 7.54. The maximum Gasteiger partial charge on any atom is 0.270 e. The fourth-order valence-corrected chi connectivity index (χ4v) is 4.18. The number of ether oxygens (including phenoxy) is 1. The zero-order valence-corrected chi connectivity index (χ0v) is 20.4. The maximum absolute atomic E-state index is 13.2. The van der Waals surface area contributed by atoms with Crippen LogP contribution in [0.2, 0.25) is 0 Å². The van der Waals surface area contributed by atoms with Crippen LogP contribution in [0.25, 0.3) is 6.08 Å². The molecule has 1 heterocycles. The van der Waals surface area contributed by atoms with Gasteiger partial charge in [0.05, 0.1) is 21.8 Å². The molecule has 3 aromatic rings. The molecule has 1 aliphatic rings. The van der Waals surface area contributed by atoms with Gasteiger partial charge in [-0.15, -0.1) is 0 Å². The molecule has 1 saturated heterocycles. The molecule has 2 amide bonds. The van der Waals surface area contributed by atoms with Crippen molar-refractivity contribution in [3.05, 3.63) is 99.0 Å². The van der Waals surface area contributed by atoms with Gasteiger partial charge >= 0.3 is 0 Å². The summed E-state index contributed by atoms with van der Waals surface area (Å²) in [6.07, 6.45) is 1.51. The summed E-state index contributed by atoms with van der Waals surface area (Å²) in [5.74, 6) is -0.484. The molecular formula is C26H18BrN3O3S. The summed E-state index contributed by atoms with van der Waals surface area (Å²) < 4.78 is 6.51. The number of carbonyl (C=O) groups is 2. The van der Waals surface area contributed by atoms with Gasteiger partial charge in [-0.05, 0) is 77.0 Å². The Labute approximate surface area is 210 Å². The van der Waals surface area contributed by atoms with Crippen LogP contribution >= 0.6 is 28.1 Å². The van der Waals surface area contributed by atoms with Crippen LogP contribution in [0.1, 0.15) is 22.3 Å². The zero-order chi connectivity index (χ0) is 24.2. The number of hydrogen-bond acceptors (Lipinski definition) is 5. The van der Waals surface area contributed by atoms with Crippen molar-refractivity contribution in [3.63, 3.8) is 0 Å². The number of nitrogens with one attached hydrogen (secondary N) is 1. The van der Waals surface area contributed by atoms with Crippen molar-refractivity contribution in [1.29, 1.82) is 5.26 Å². The van der Waals surface area contributed by atoms with Crippen LogP contribution in [0.5, 0.6) is 5.75 Å². The van der Waals surface area contributed by atoms with E-state index in [1.54, 1.807) is 42.5 Å². The fourth-order valence-electron chi connectivity index (χ4n) is 3.39. The van der Waals surface area contributed by atoms with Crippen LogP contribution in [0.3, 0.4) is 0 Å². The third kappa shape index (κ3) is 4.91. The number of benzene rings is 3. The average Bonchev–Trinajstić information content (AvgIpc) is 2.82. The first-order valence-corrected chi connectivity index (χ1v) is 11.5. The van der Waals surface area contributed by atoms with Crippen LogP contribution in [0, 0.1) is 18.3 Å². The van der Waals surface area contributed by atoms with Crippen molar-refractivity contribution in [1.82, 2.24) is 5.32 Å². The van der Waals surface area contributed by atoms with Gasteiger partial charge in [-0.2, -0.15) is 5.26 Å². The minimum atomic E-state index is -0.553. The van der Waals surface area contributed by atoms with E-state index in [1.807, 2.05) is 31.2 Å². The number of aryl methyl sites for hydroxylation is 1. The molecule has 168 valence electrons. The van der Waals surface area contributed by atoms with E-state index in [0.717, 1.165) is 11.1 Å². The van der Waals surface area contributed by atoms with Gasteiger partial charge in [-0.1, -0.05) is 42.0 Å². The number of hydrogen-bond donors (Lipinski definition) is 1. The summed E-state index contributed by atoms with van der Waals surface area (Å²) in [4.78, 5) is 27.0. The molecular weight excluding hydrogens is 514 g/mol. The van der Waals surface area contributed by atoms with Crippen molar-refractivity contribution in [2.45, 2.75) is 13.5 Å². The second-order valence-corrected chi connectivity index (χ2v) is 8.78. The Kier molecular flexibility index (Phi) is 6.87. The van der Waals surface area contributed by atoms with Crippen molar-refractivity contribution < 1.29 is 14.3 Å². The first kappa shape index (κ1) is 23.4. The van der Waals surface area contributed by atoms with Crippen LogP contribution < -0.4 is 15.0 Å². The molecule has 8 heteroatoms. The van der Waals surface area contributed by atoms with Gasteiger partial charge in [0.15, 0.2) is 5.11 Å². The maximum atomic E-state index is 13.2. The molecule has 0 aliphatic carbocycles. The Hall–Kier alpha value is -3.80. The van der Waals surface area contributed by atoms with Crippen molar-refractivity contribution in [2.24, 2.45) is 0 Å². The molecule has 0 spiro atoms. The summed E-state index contributed by atoms with van der Waals surface area (Å²) in [7, 11) is 0. The molecule has 0 unspecified atom stereocenters. The van der Waals surface area contributed by atoms with E-state index in [1.165, 1.54) is 11.0 Å². The van der Waals surface area contributed by atoms with Gasteiger partial charge in [0, 0.05) is 5.56 Å². The van der Waals surface area contributed by atoms with Crippen molar-refractivity contribution >= 4 is 56.8 Å². The van der Waals surface area contributed by atoms with Crippen molar-refractivity contribution in [3.8, 4) is 11.8 Å². The molecule has 1 aliphatic heterocycles. The Morgan fingerprint density at radius 1 is 1.12 bits per heavy atom. The van der Waals surface area contributed by atoms with Crippen LogP contribution in [0.15, 0.2) is 76.8 Å². The number of rotatable bonds is 5. The number of thiocarbonyl (C=S) groups is 1. The number of nitrogens with zero attached hydrogens (tertiary/aromatic N) is 2. The topological polar surface area (TPSA) is 82.4 Å². The third-order valence-corrected chi connectivity index (χ3v) is 6.09. The molecule has 1 fully saturated rings. The molecule has 3 aromatic carbocycles. The summed E-state index contributed by atoms with van der Waals surface area (Å²) in [6, 6.07) is 21.9. The van der Waals surface area contributed by atoms with E-state index in [-0.39, 0.29) is 17.3 Å². The summed E-state index contributed by atoms with van der Waals surface area (Å²) >= 11 is 8.72. The largest absolute Gasteiger partial charge is 0.488 e. The van der Waals surface area contributed by atoms with E-state index >= 15 is 0 Å². The lowest BCUT2D eigenvalue weighted by Crippen LogP contribution is -2.54. The van der Waals surface area contributed by atoms with E-state index in [0.29, 0.717) is 27.0 Å². The fraction of sp³-hybridized carbons (Fsp3) is 0.0769. The lowest BCUT2D eigenvalue weighted by Gasteiger charge is -2.29. The molecule has 0 aromatic heterocycles. The lowest BCUT2D eigenvalue weighted by molar-refractivity contribution is -0.122. The van der Waals surface area contributed by atoms with Gasteiger partial charge in [0.2, 0.25) is 0 Å². The Morgan fingerprint density at radius 2 is 1.85 bits per heavy atom. The summed E-state index contributed by atoms with van der Waals surface area (Å²) in [5, 5.41) is 11.9. The number of carbonyl (C=O) groups excluding carboxylic acids is 2. The zero-order valence-electron chi connectivity index (χ0n) is 18.0. The van der Waals surface area contributed by atoms with E-state index in [9.17, 15) is 14.9 Å². The van der Waals surface area contributed by atoms with E-state index < -0.39 is 11.8 Å². The first-order valence-electron chi connectivity index (χ1n) is 10.3. The Morgan fingerprint density at radius 3 is 2.56 bits per heavy atom. The van der Waals surface area contributed by atoms with E-state index in [2.05, 4.69) is 27.3 Å².